The average Bonchev–Trinajstić information content (AvgIpc) is 2.45. The van der Waals surface area contributed by atoms with Crippen molar-refractivity contribution < 1.29 is 0 Å². The summed E-state index contributed by atoms with van der Waals surface area (Å²) in [4.78, 5) is 0. The number of hydrogen-bond acceptors (Lipinski definition) is 1. The number of anilines is 1. The Morgan fingerprint density at radius 2 is 1.56 bits per heavy atom. The van der Waals surface area contributed by atoms with Crippen molar-refractivity contribution >= 4 is 5.69 Å². The molecule has 1 N–H and O–H groups in total. The van der Waals surface area contributed by atoms with E-state index in [1.54, 1.807) is 0 Å². The van der Waals surface area contributed by atoms with E-state index >= 15 is 0 Å². The van der Waals surface area contributed by atoms with Gasteiger partial charge < -0.3 is 5.32 Å². The molecule has 0 unspecified atom stereocenters. The fourth-order valence-corrected chi connectivity index (χ4v) is 1.97. The van der Waals surface area contributed by atoms with Crippen LogP contribution in [0, 0.1) is 0 Å². The molecule has 94 valence electrons. The van der Waals surface area contributed by atoms with Crippen LogP contribution in [0.1, 0.15) is 30.9 Å². The average molecular weight is 239 g/mol. The lowest BCUT2D eigenvalue weighted by Gasteiger charge is -2.07. The first-order chi connectivity index (χ1) is 8.88. The molecule has 0 radical (unpaired) electrons. The van der Waals surface area contributed by atoms with E-state index < -0.39 is 0 Å². The van der Waals surface area contributed by atoms with Gasteiger partial charge >= 0.3 is 0 Å². The maximum atomic E-state index is 3.44. The van der Waals surface area contributed by atoms with Gasteiger partial charge in [0.15, 0.2) is 0 Å². The molecule has 1 heteroatoms. The highest BCUT2D eigenvalue weighted by atomic mass is 14.9. The minimum atomic E-state index is 0.884. The second-order valence-electron chi connectivity index (χ2n) is 4.64. The normalized spacial score (nSPS) is 10.3. The van der Waals surface area contributed by atoms with Crippen LogP contribution in [0.5, 0.6) is 0 Å². The Bertz CT molecular complexity index is 445. The SMILES string of the molecule is CCCCc1ccc(NCc2ccccc2)cc1. The molecule has 0 saturated heterocycles. The largest absolute Gasteiger partial charge is 0.381 e. The summed E-state index contributed by atoms with van der Waals surface area (Å²) in [6, 6.07) is 19.3. The second-order valence-corrected chi connectivity index (χ2v) is 4.64. The molecule has 0 aliphatic rings. The third-order valence-corrected chi connectivity index (χ3v) is 3.11. The molecular weight excluding hydrogens is 218 g/mol. The smallest absolute Gasteiger partial charge is 0.0400 e. The second kappa shape index (κ2) is 6.85. The first kappa shape index (κ1) is 12.7. The Balaban J connectivity index is 1.86. The van der Waals surface area contributed by atoms with Crippen molar-refractivity contribution in [1.82, 2.24) is 0 Å². The molecule has 18 heavy (non-hydrogen) atoms. The van der Waals surface area contributed by atoms with Crippen molar-refractivity contribution in [2.75, 3.05) is 5.32 Å². The van der Waals surface area contributed by atoms with Gasteiger partial charge in [0.05, 0.1) is 0 Å². The van der Waals surface area contributed by atoms with Gasteiger partial charge in [0.2, 0.25) is 0 Å². The molecule has 0 heterocycles. The fraction of sp³-hybridized carbons (Fsp3) is 0.294. The van der Waals surface area contributed by atoms with Gasteiger partial charge in [0.1, 0.15) is 0 Å². The van der Waals surface area contributed by atoms with E-state index in [2.05, 4.69) is 60.8 Å². The molecule has 0 aromatic heterocycles. The van der Waals surface area contributed by atoms with Crippen LogP contribution < -0.4 is 5.32 Å². The highest BCUT2D eigenvalue weighted by Crippen LogP contribution is 2.13. The summed E-state index contributed by atoms with van der Waals surface area (Å²) in [5, 5.41) is 3.44. The number of rotatable bonds is 6. The quantitative estimate of drug-likeness (QED) is 0.774. The molecule has 0 spiro atoms. The van der Waals surface area contributed by atoms with Crippen LogP contribution in [-0.2, 0) is 13.0 Å². The maximum absolute atomic E-state index is 3.44. The molecule has 1 nitrogen and oxygen atoms in total. The van der Waals surface area contributed by atoms with Crippen LogP contribution in [0.2, 0.25) is 0 Å². The van der Waals surface area contributed by atoms with Crippen LogP contribution in [-0.4, -0.2) is 0 Å². The van der Waals surface area contributed by atoms with Crippen molar-refractivity contribution in [3.8, 4) is 0 Å². The van der Waals surface area contributed by atoms with E-state index in [4.69, 9.17) is 0 Å². The highest BCUT2D eigenvalue weighted by molar-refractivity contribution is 5.45. The summed E-state index contributed by atoms with van der Waals surface area (Å²) in [5.74, 6) is 0. The van der Waals surface area contributed by atoms with Crippen molar-refractivity contribution in [3.05, 3.63) is 65.7 Å². The topological polar surface area (TPSA) is 12.0 Å². The summed E-state index contributed by atoms with van der Waals surface area (Å²) in [7, 11) is 0. The molecule has 2 rings (SSSR count). The van der Waals surface area contributed by atoms with Gasteiger partial charge in [-0.05, 0) is 36.1 Å². The Morgan fingerprint density at radius 3 is 2.22 bits per heavy atom. The standard InChI is InChI=1S/C17H21N/c1-2-3-7-15-10-12-17(13-11-15)18-14-16-8-5-4-6-9-16/h4-6,8-13,18H,2-3,7,14H2,1H3. The molecule has 0 aliphatic heterocycles. The van der Waals surface area contributed by atoms with E-state index in [-0.39, 0.29) is 0 Å². The lowest BCUT2D eigenvalue weighted by molar-refractivity contribution is 0.795. The summed E-state index contributed by atoms with van der Waals surface area (Å²) in [6.45, 7) is 3.12. The number of nitrogens with one attached hydrogen (secondary N) is 1. The number of benzene rings is 2. The molecule has 0 fully saturated rings. The van der Waals surface area contributed by atoms with E-state index in [0.717, 1.165) is 6.54 Å². The zero-order chi connectivity index (χ0) is 12.6. The van der Waals surface area contributed by atoms with Crippen LogP contribution in [0.4, 0.5) is 5.69 Å². The van der Waals surface area contributed by atoms with Gasteiger partial charge in [0.25, 0.3) is 0 Å². The fourth-order valence-electron chi connectivity index (χ4n) is 1.97. The molecule has 0 bridgehead atoms. The van der Waals surface area contributed by atoms with Crippen molar-refractivity contribution in [3.63, 3.8) is 0 Å². The molecular formula is C17H21N. The predicted molar refractivity (Wildman–Crippen MR) is 78.8 cm³/mol. The molecule has 2 aromatic rings. The lowest BCUT2D eigenvalue weighted by Crippen LogP contribution is -1.99. The lowest BCUT2D eigenvalue weighted by atomic mass is 10.1. The molecule has 0 amide bonds. The van der Waals surface area contributed by atoms with E-state index in [9.17, 15) is 0 Å². The van der Waals surface area contributed by atoms with Gasteiger partial charge in [-0.15, -0.1) is 0 Å². The van der Waals surface area contributed by atoms with Gasteiger partial charge in [-0.2, -0.15) is 0 Å². The van der Waals surface area contributed by atoms with E-state index in [0.29, 0.717) is 0 Å². The summed E-state index contributed by atoms with van der Waals surface area (Å²) in [6.07, 6.45) is 3.72. The Labute approximate surface area is 110 Å². The van der Waals surface area contributed by atoms with Gasteiger partial charge in [-0.25, -0.2) is 0 Å². The van der Waals surface area contributed by atoms with E-state index in [1.807, 2.05) is 6.07 Å². The Morgan fingerprint density at radius 1 is 0.833 bits per heavy atom. The van der Waals surface area contributed by atoms with Crippen molar-refractivity contribution in [1.29, 1.82) is 0 Å². The summed E-state index contributed by atoms with van der Waals surface area (Å²) in [5.41, 5.74) is 3.94. The van der Waals surface area contributed by atoms with Crippen LogP contribution in [0.25, 0.3) is 0 Å². The van der Waals surface area contributed by atoms with Crippen LogP contribution in [0.3, 0.4) is 0 Å². The van der Waals surface area contributed by atoms with Crippen molar-refractivity contribution in [2.45, 2.75) is 32.7 Å². The van der Waals surface area contributed by atoms with Gasteiger partial charge in [-0.1, -0.05) is 55.8 Å². The van der Waals surface area contributed by atoms with Gasteiger partial charge in [0, 0.05) is 12.2 Å². The number of aryl methyl sites for hydroxylation is 1. The summed E-state index contributed by atoms with van der Waals surface area (Å²) >= 11 is 0. The Hall–Kier alpha value is -1.76. The maximum Gasteiger partial charge on any atom is 0.0400 e. The number of unbranched alkanes of at least 4 members (excludes halogenated alkanes) is 1. The predicted octanol–water partition coefficient (Wildman–Crippen LogP) is 4.64. The third-order valence-electron chi connectivity index (χ3n) is 3.11. The number of hydrogen-bond donors (Lipinski definition) is 1. The third kappa shape index (κ3) is 3.92. The van der Waals surface area contributed by atoms with Crippen molar-refractivity contribution in [2.24, 2.45) is 0 Å². The first-order valence-electron chi connectivity index (χ1n) is 6.75. The molecule has 0 atom stereocenters. The highest BCUT2D eigenvalue weighted by Gasteiger charge is 1.95. The Kier molecular flexibility index (Phi) is 4.83. The minimum Gasteiger partial charge on any atom is -0.381 e. The van der Waals surface area contributed by atoms with Crippen LogP contribution in [0.15, 0.2) is 54.6 Å². The van der Waals surface area contributed by atoms with E-state index in [1.165, 1.54) is 36.1 Å². The monoisotopic (exact) mass is 239 g/mol. The zero-order valence-corrected chi connectivity index (χ0v) is 11.0. The first-order valence-corrected chi connectivity index (χ1v) is 6.75. The van der Waals surface area contributed by atoms with Gasteiger partial charge in [-0.3, -0.25) is 0 Å². The molecule has 0 saturated carbocycles. The van der Waals surface area contributed by atoms with Crippen LogP contribution >= 0.6 is 0 Å². The minimum absolute atomic E-state index is 0.884. The zero-order valence-electron chi connectivity index (χ0n) is 11.0. The summed E-state index contributed by atoms with van der Waals surface area (Å²) < 4.78 is 0. The molecule has 2 aromatic carbocycles. The molecule has 0 aliphatic carbocycles.